The van der Waals surface area contributed by atoms with E-state index in [1.54, 1.807) is 41.3 Å². The Morgan fingerprint density at radius 3 is 2.35 bits per heavy atom. The van der Waals surface area contributed by atoms with E-state index >= 15 is 0 Å². The third-order valence-electron chi connectivity index (χ3n) is 6.19. The van der Waals surface area contributed by atoms with Crippen molar-refractivity contribution in [2.75, 3.05) is 50.9 Å². The molecule has 0 amide bonds. The second kappa shape index (κ2) is 10.4. The smallest absolute Gasteiger partial charge is 0.378 e. The van der Waals surface area contributed by atoms with E-state index in [2.05, 4.69) is 15.3 Å². The molecule has 3 aromatic rings. The number of alkyl halides is 3. The Hall–Kier alpha value is -3.06. The maximum Gasteiger partial charge on any atom is 0.451 e. The molecule has 1 atom stereocenters. The molecule has 0 aliphatic carbocycles. The molecule has 1 aromatic heterocycles. The van der Waals surface area contributed by atoms with Gasteiger partial charge in [-0.2, -0.15) is 13.2 Å². The Morgan fingerprint density at radius 2 is 1.68 bits per heavy atom. The number of rotatable bonds is 5. The second-order valence-electron chi connectivity index (χ2n) is 8.63. The zero-order valence-electron chi connectivity index (χ0n) is 19.7. The molecular weight excluding hydrogens is 509 g/mol. The minimum atomic E-state index is -4.81. The third kappa shape index (κ3) is 5.33. The van der Waals surface area contributed by atoms with Crippen LogP contribution in [0.3, 0.4) is 0 Å². The Labute approximate surface area is 212 Å². The van der Waals surface area contributed by atoms with E-state index in [1.165, 1.54) is 18.2 Å². The lowest BCUT2D eigenvalue weighted by atomic mass is 9.98. The molecule has 1 N–H and O–H groups in total. The van der Waals surface area contributed by atoms with Gasteiger partial charge in [0.2, 0.25) is 15.7 Å². The van der Waals surface area contributed by atoms with Crippen molar-refractivity contribution >= 4 is 15.7 Å². The van der Waals surface area contributed by atoms with Gasteiger partial charge in [0, 0.05) is 31.7 Å². The summed E-state index contributed by atoms with van der Waals surface area (Å²) in [6.45, 7) is 2.30. The number of aromatic nitrogens is 2. The van der Waals surface area contributed by atoms with Crippen LogP contribution in [0.5, 0.6) is 0 Å². The molecule has 2 saturated heterocycles. The summed E-state index contributed by atoms with van der Waals surface area (Å²) >= 11 is 0. The van der Waals surface area contributed by atoms with Gasteiger partial charge in [-0.25, -0.2) is 18.4 Å². The van der Waals surface area contributed by atoms with E-state index in [-0.39, 0.29) is 35.1 Å². The number of anilines is 1. The topological polar surface area (TPSA) is 93.7 Å². The van der Waals surface area contributed by atoms with Gasteiger partial charge < -0.3 is 19.7 Å². The van der Waals surface area contributed by atoms with Crippen molar-refractivity contribution < 1.29 is 31.1 Å². The predicted octanol–water partition coefficient (Wildman–Crippen LogP) is 3.39. The van der Waals surface area contributed by atoms with Crippen LogP contribution < -0.4 is 10.2 Å². The number of ether oxygens (including phenoxy) is 2. The SMILES string of the molecule is O=S(=O)(c1cccc(-c2nc(C(F)(F)F)nc(N3CCOCC3)c2-c2ccccc2)c1)C1CNCCO1. The second-order valence-corrected chi connectivity index (χ2v) is 10.7. The summed E-state index contributed by atoms with van der Waals surface area (Å²) in [6.07, 6.45) is -4.81. The first-order valence-corrected chi connectivity index (χ1v) is 13.3. The number of hydrogen-bond donors (Lipinski definition) is 1. The number of hydrogen-bond acceptors (Lipinski definition) is 8. The number of morpholine rings is 2. The molecule has 2 aliphatic heterocycles. The lowest BCUT2D eigenvalue weighted by Gasteiger charge is -2.31. The summed E-state index contributed by atoms with van der Waals surface area (Å²) in [5.41, 5.74) is 0.132. The minimum absolute atomic E-state index is 0.00486. The van der Waals surface area contributed by atoms with Gasteiger partial charge in [-0.3, -0.25) is 0 Å². The molecule has 196 valence electrons. The molecule has 8 nitrogen and oxygen atoms in total. The summed E-state index contributed by atoms with van der Waals surface area (Å²) < 4.78 is 79.4. The maximum atomic E-state index is 14.0. The maximum absolute atomic E-state index is 14.0. The fourth-order valence-corrected chi connectivity index (χ4v) is 5.85. The van der Waals surface area contributed by atoms with Crippen LogP contribution in [0, 0.1) is 0 Å². The van der Waals surface area contributed by atoms with Crippen molar-refractivity contribution in [3.63, 3.8) is 0 Å². The highest BCUT2D eigenvalue weighted by molar-refractivity contribution is 7.92. The first-order valence-electron chi connectivity index (χ1n) is 11.8. The molecule has 0 spiro atoms. The molecule has 5 rings (SSSR count). The van der Waals surface area contributed by atoms with Crippen LogP contribution in [0.1, 0.15) is 5.82 Å². The zero-order valence-corrected chi connectivity index (χ0v) is 20.6. The van der Waals surface area contributed by atoms with Gasteiger partial charge in [-0.15, -0.1) is 0 Å². The van der Waals surface area contributed by atoms with Crippen LogP contribution in [-0.2, 0) is 25.5 Å². The van der Waals surface area contributed by atoms with Gasteiger partial charge >= 0.3 is 6.18 Å². The van der Waals surface area contributed by atoms with Gasteiger partial charge in [0.1, 0.15) is 5.82 Å². The zero-order chi connectivity index (χ0) is 26.0. The minimum Gasteiger partial charge on any atom is -0.378 e. The molecule has 12 heteroatoms. The molecular formula is C25H25F3N4O4S. The Bertz CT molecular complexity index is 1360. The monoisotopic (exact) mass is 534 g/mol. The Balaban J connectivity index is 1.72. The molecule has 1 unspecified atom stereocenters. The lowest BCUT2D eigenvalue weighted by molar-refractivity contribution is -0.144. The molecule has 37 heavy (non-hydrogen) atoms. The van der Waals surface area contributed by atoms with Crippen LogP contribution >= 0.6 is 0 Å². The fourth-order valence-electron chi connectivity index (χ4n) is 4.37. The van der Waals surface area contributed by atoms with Crippen LogP contribution in [0.25, 0.3) is 22.4 Å². The highest BCUT2D eigenvalue weighted by atomic mass is 32.2. The quantitative estimate of drug-likeness (QED) is 0.533. The van der Waals surface area contributed by atoms with Crippen molar-refractivity contribution in [3.05, 3.63) is 60.4 Å². The molecule has 0 bridgehead atoms. The molecule has 3 heterocycles. The average molecular weight is 535 g/mol. The van der Waals surface area contributed by atoms with E-state index in [4.69, 9.17) is 9.47 Å². The van der Waals surface area contributed by atoms with Gasteiger partial charge in [0.05, 0.1) is 36.0 Å². The first kappa shape index (κ1) is 25.6. The molecule has 0 radical (unpaired) electrons. The fraction of sp³-hybridized carbons (Fsp3) is 0.360. The van der Waals surface area contributed by atoms with Crippen LogP contribution in [0.2, 0.25) is 0 Å². The molecule has 2 aliphatic rings. The summed E-state index contributed by atoms with van der Waals surface area (Å²) in [5, 5.41) is 2.99. The Morgan fingerprint density at radius 1 is 0.946 bits per heavy atom. The number of benzene rings is 2. The average Bonchev–Trinajstić information content (AvgIpc) is 2.93. The highest BCUT2D eigenvalue weighted by Crippen LogP contribution is 2.41. The molecule has 2 aromatic carbocycles. The predicted molar refractivity (Wildman–Crippen MR) is 131 cm³/mol. The van der Waals surface area contributed by atoms with E-state index < -0.39 is 27.3 Å². The summed E-state index contributed by atoms with van der Waals surface area (Å²) in [6, 6.07) is 14.7. The largest absolute Gasteiger partial charge is 0.451 e. The van der Waals surface area contributed by atoms with Crippen molar-refractivity contribution in [1.29, 1.82) is 0 Å². The van der Waals surface area contributed by atoms with Gasteiger partial charge in [-0.1, -0.05) is 42.5 Å². The highest BCUT2D eigenvalue weighted by Gasteiger charge is 2.38. The van der Waals surface area contributed by atoms with Crippen molar-refractivity contribution in [2.45, 2.75) is 16.5 Å². The van der Waals surface area contributed by atoms with Gasteiger partial charge in [-0.05, 0) is 17.7 Å². The van der Waals surface area contributed by atoms with E-state index in [0.29, 0.717) is 44.0 Å². The van der Waals surface area contributed by atoms with Crippen LogP contribution in [0.4, 0.5) is 19.0 Å². The molecule has 2 fully saturated rings. The van der Waals surface area contributed by atoms with Gasteiger partial charge in [0.25, 0.3) is 0 Å². The number of nitrogens with one attached hydrogen (secondary N) is 1. The van der Waals surface area contributed by atoms with Crippen LogP contribution in [-0.4, -0.2) is 69.8 Å². The standard InChI is InChI=1S/C25H25F3N4O4S/c26-25(27,28)24-30-22(18-7-4-8-19(15-18)37(33,34)20-16-29-9-12-36-20)21(17-5-2-1-3-6-17)23(31-24)32-10-13-35-14-11-32/h1-8,15,20,29H,9-14,16H2. The summed E-state index contributed by atoms with van der Waals surface area (Å²) in [4.78, 5) is 9.60. The Kier molecular flexibility index (Phi) is 7.17. The third-order valence-corrected chi connectivity index (χ3v) is 8.10. The van der Waals surface area contributed by atoms with E-state index in [9.17, 15) is 21.6 Å². The number of sulfone groups is 1. The lowest BCUT2D eigenvalue weighted by Crippen LogP contribution is -2.43. The summed E-state index contributed by atoms with van der Waals surface area (Å²) in [7, 11) is -3.92. The van der Waals surface area contributed by atoms with Gasteiger partial charge in [0.15, 0.2) is 5.44 Å². The van der Waals surface area contributed by atoms with Crippen molar-refractivity contribution in [2.24, 2.45) is 0 Å². The summed E-state index contributed by atoms with van der Waals surface area (Å²) in [5.74, 6) is -1.17. The molecule has 0 saturated carbocycles. The van der Waals surface area contributed by atoms with E-state index in [0.717, 1.165) is 0 Å². The first-order chi connectivity index (χ1) is 17.7. The van der Waals surface area contributed by atoms with Crippen molar-refractivity contribution in [1.82, 2.24) is 15.3 Å². The van der Waals surface area contributed by atoms with E-state index in [1.807, 2.05) is 0 Å². The number of halogens is 3. The van der Waals surface area contributed by atoms with Crippen molar-refractivity contribution in [3.8, 4) is 22.4 Å². The number of nitrogens with zero attached hydrogens (tertiary/aromatic N) is 3. The normalized spacial score (nSPS) is 19.1. The van der Waals surface area contributed by atoms with Crippen LogP contribution in [0.15, 0.2) is 59.5 Å².